The number of nitrogens with one attached hydrogen (secondary N) is 2. The number of nitrogens with zero attached hydrogens (tertiary/aromatic N) is 1. The molecule has 0 saturated carbocycles. The zero-order valence-electron chi connectivity index (χ0n) is 14.8. The van der Waals surface area contributed by atoms with E-state index in [1.54, 1.807) is 6.92 Å². The van der Waals surface area contributed by atoms with Crippen LogP contribution in [-0.4, -0.2) is 44.9 Å². The molecule has 150 valence electrons. The summed E-state index contributed by atoms with van der Waals surface area (Å²) in [6, 6.07) is 3.63. The molecule has 1 saturated heterocycles. The third kappa shape index (κ3) is 5.71. The number of halogens is 1. The highest BCUT2D eigenvalue weighted by Crippen LogP contribution is 2.39. The molecular weight excluding hydrogens is 397 g/mol. The fraction of sp³-hybridized carbons (Fsp3) is 0.562. The third-order valence-corrected chi connectivity index (χ3v) is 6.86. The van der Waals surface area contributed by atoms with Crippen molar-refractivity contribution in [2.24, 2.45) is 4.58 Å². The summed E-state index contributed by atoms with van der Waals surface area (Å²) in [6.45, 7) is 2.88. The maximum absolute atomic E-state index is 13.9. The molecule has 0 amide bonds. The average Bonchev–Trinajstić information content (AvgIpc) is 2.62. The third-order valence-electron chi connectivity index (χ3n) is 4.32. The highest BCUT2D eigenvalue weighted by atomic mass is 32.2. The summed E-state index contributed by atoms with van der Waals surface area (Å²) in [4.78, 5) is 22.7. The number of hydrogen-bond acceptors (Lipinski definition) is 8. The van der Waals surface area contributed by atoms with Crippen LogP contribution in [0.25, 0.3) is 0 Å². The molecule has 0 aromatic heterocycles. The van der Waals surface area contributed by atoms with Crippen LogP contribution in [0.3, 0.4) is 0 Å². The molecule has 8 nitrogen and oxygen atoms in total. The zero-order valence-corrected chi connectivity index (χ0v) is 16.4. The van der Waals surface area contributed by atoms with Crippen LogP contribution in [-0.2, 0) is 19.6 Å². The molecule has 0 radical (unpaired) electrons. The van der Waals surface area contributed by atoms with Gasteiger partial charge in [-0.25, -0.2) is 12.8 Å². The number of nitroso groups, excluding NO2 is 1. The minimum atomic E-state index is -4.31. The monoisotopic (exact) mass is 419 g/mol. The minimum absolute atomic E-state index is 0.0115. The van der Waals surface area contributed by atoms with Crippen LogP contribution in [0.15, 0.2) is 33.7 Å². The highest BCUT2D eigenvalue weighted by Gasteiger charge is 2.41. The van der Waals surface area contributed by atoms with Crippen molar-refractivity contribution in [1.82, 2.24) is 10.0 Å². The number of hydrogen-bond donors (Lipinski definition) is 2. The highest BCUT2D eigenvalue weighted by molar-refractivity contribution is 7.99. The number of ether oxygens (including phenoxy) is 1. The molecule has 2 N–H and O–H groups in total. The van der Waals surface area contributed by atoms with E-state index in [0.717, 1.165) is 24.1 Å². The van der Waals surface area contributed by atoms with Gasteiger partial charge in [-0.3, -0.25) is 4.79 Å². The van der Waals surface area contributed by atoms with Crippen molar-refractivity contribution in [2.75, 3.05) is 19.7 Å². The summed E-state index contributed by atoms with van der Waals surface area (Å²) in [7, 11) is -4.31. The molecular formula is C16H22FN3O5S2. The number of sulfonamides is 1. The van der Waals surface area contributed by atoms with Gasteiger partial charge in [0.2, 0.25) is 10.0 Å². The first-order chi connectivity index (χ1) is 12.8. The summed E-state index contributed by atoms with van der Waals surface area (Å²) in [5.41, 5.74) is 0. The lowest BCUT2D eigenvalue weighted by Crippen LogP contribution is -2.49. The van der Waals surface area contributed by atoms with Crippen molar-refractivity contribution in [3.05, 3.63) is 35.0 Å². The lowest BCUT2D eigenvalue weighted by atomic mass is 9.90. The molecule has 1 aromatic rings. The van der Waals surface area contributed by atoms with Gasteiger partial charge in [-0.1, -0.05) is 12.1 Å². The Morgan fingerprint density at radius 1 is 1.41 bits per heavy atom. The first-order valence-corrected chi connectivity index (χ1v) is 10.7. The molecule has 1 atom stereocenters. The maximum atomic E-state index is 13.9. The quantitative estimate of drug-likeness (QED) is 0.357. The van der Waals surface area contributed by atoms with Gasteiger partial charge in [-0.05, 0) is 51.4 Å². The smallest absolute Gasteiger partial charge is 0.324 e. The number of carbonyl (C=O) groups is 1. The minimum Gasteiger partial charge on any atom is -0.465 e. The van der Waals surface area contributed by atoms with Crippen LogP contribution in [0.2, 0.25) is 0 Å². The van der Waals surface area contributed by atoms with Crippen LogP contribution in [0.1, 0.15) is 26.2 Å². The molecule has 11 heteroatoms. The number of benzene rings is 1. The van der Waals surface area contributed by atoms with Crippen LogP contribution in [0.5, 0.6) is 0 Å². The van der Waals surface area contributed by atoms with Crippen LogP contribution >= 0.6 is 11.9 Å². The van der Waals surface area contributed by atoms with E-state index < -0.39 is 37.5 Å². The number of piperidine rings is 1. The standard InChI is InChI=1S/C16H22FN3O5S2/c1-2-25-15(21)13(11-16(26-20-22)7-9-18-10-8-16)19-27(23,24)14-6-4-3-5-12(14)17/h3-6,13,18-19H,2,7-11H2,1H3. The second-order valence-corrected chi connectivity index (χ2v) is 9.04. The van der Waals surface area contributed by atoms with E-state index in [0.29, 0.717) is 25.9 Å². The van der Waals surface area contributed by atoms with Crippen molar-refractivity contribution in [3.63, 3.8) is 0 Å². The van der Waals surface area contributed by atoms with Crippen molar-refractivity contribution in [1.29, 1.82) is 0 Å². The molecule has 1 aliphatic heterocycles. The zero-order chi connectivity index (χ0) is 19.9. The van der Waals surface area contributed by atoms with E-state index in [1.165, 1.54) is 12.1 Å². The fourth-order valence-corrected chi connectivity index (χ4v) is 5.05. The Kier molecular flexibility index (Phi) is 7.71. The van der Waals surface area contributed by atoms with Gasteiger partial charge in [0.25, 0.3) is 0 Å². The van der Waals surface area contributed by atoms with E-state index in [4.69, 9.17) is 4.74 Å². The first-order valence-electron chi connectivity index (χ1n) is 8.48. The van der Waals surface area contributed by atoms with Crippen LogP contribution in [0, 0.1) is 10.7 Å². The van der Waals surface area contributed by atoms with Crippen molar-refractivity contribution >= 4 is 27.9 Å². The fourth-order valence-electron chi connectivity index (χ4n) is 3.00. The van der Waals surface area contributed by atoms with Gasteiger partial charge in [0, 0.05) is 21.3 Å². The summed E-state index contributed by atoms with van der Waals surface area (Å²) < 4.78 is 48.6. The van der Waals surface area contributed by atoms with Gasteiger partial charge in [0.1, 0.15) is 16.8 Å². The topological polar surface area (TPSA) is 114 Å². The molecule has 1 unspecified atom stereocenters. The van der Waals surface area contributed by atoms with Gasteiger partial charge < -0.3 is 10.1 Å². The summed E-state index contributed by atoms with van der Waals surface area (Å²) >= 11 is 0.801. The molecule has 0 spiro atoms. The van der Waals surface area contributed by atoms with Crippen LogP contribution in [0.4, 0.5) is 4.39 Å². The Balaban J connectivity index is 2.30. The van der Waals surface area contributed by atoms with E-state index in [1.807, 2.05) is 0 Å². The number of rotatable bonds is 9. The average molecular weight is 420 g/mol. The lowest BCUT2D eigenvalue weighted by molar-refractivity contribution is -0.145. The Hall–Kier alpha value is -1.56. The molecule has 2 rings (SSSR count). The summed E-state index contributed by atoms with van der Waals surface area (Å²) in [5, 5.41) is 3.15. The Labute approximate surface area is 161 Å². The predicted molar refractivity (Wildman–Crippen MR) is 100.0 cm³/mol. The summed E-state index contributed by atoms with van der Waals surface area (Å²) in [6.07, 6.45) is 1.07. The molecule has 1 aromatic carbocycles. The largest absolute Gasteiger partial charge is 0.465 e. The molecule has 1 aliphatic rings. The van der Waals surface area contributed by atoms with Gasteiger partial charge in [0.15, 0.2) is 0 Å². The van der Waals surface area contributed by atoms with Gasteiger partial charge in [-0.2, -0.15) is 4.72 Å². The second-order valence-electron chi connectivity index (χ2n) is 6.16. The number of carbonyl (C=O) groups excluding carboxylic acids is 1. The second kappa shape index (κ2) is 9.58. The summed E-state index contributed by atoms with van der Waals surface area (Å²) in [5.74, 6) is -1.70. The Morgan fingerprint density at radius 3 is 2.67 bits per heavy atom. The van der Waals surface area contributed by atoms with E-state index in [2.05, 4.69) is 14.6 Å². The Bertz CT molecular complexity index is 769. The van der Waals surface area contributed by atoms with E-state index in [-0.39, 0.29) is 13.0 Å². The van der Waals surface area contributed by atoms with Gasteiger partial charge in [-0.15, -0.1) is 4.91 Å². The maximum Gasteiger partial charge on any atom is 0.324 e. The SMILES string of the molecule is CCOC(=O)C(CC1(SN=O)CCNCC1)NS(=O)(=O)c1ccccc1F. The first kappa shape index (κ1) is 21.7. The van der Waals surface area contributed by atoms with Crippen molar-refractivity contribution < 1.29 is 22.3 Å². The normalized spacial score (nSPS) is 17.9. The number of esters is 1. The molecule has 27 heavy (non-hydrogen) atoms. The lowest BCUT2D eigenvalue weighted by Gasteiger charge is -2.36. The Morgan fingerprint density at radius 2 is 2.07 bits per heavy atom. The molecule has 1 heterocycles. The van der Waals surface area contributed by atoms with Gasteiger partial charge in [0.05, 0.1) is 6.61 Å². The van der Waals surface area contributed by atoms with E-state index >= 15 is 0 Å². The van der Waals surface area contributed by atoms with E-state index in [9.17, 15) is 22.5 Å². The van der Waals surface area contributed by atoms with Gasteiger partial charge >= 0.3 is 5.97 Å². The van der Waals surface area contributed by atoms with Crippen molar-refractivity contribution in [2.45, 2.75) is 41.9 Å². The van der Waals surface area contributed by atoms with Crippen molar-refractivity contribution in [3.8, 4) is 0 Å². The molecule has 0 bridgehead atoms. The molecule has 1 fully saturated rings. The molecule has 0 aliphatic carbocycles. The van der Waals surface area contributed by atoms with Crippen LogP contribution < -0.4 is 10.0 Å². The predicted octanol–water partition coefficient (Wildman–Crippen LogP) is 1.96.